The van der Waals surface area contributed by atoms with Gasteiger partial charge in [-0.2, -0.15) is 0 Å². The first kappa shape index (κ1) is 16.4. The zero-order valence-electron chi connectivity index (χ0n) is 12.8. The Bertz CT molecular complexity index is 751. The molecule has 0 aliphatic rings. The van der Waals surface area contributed by atoms with Crippen LogP contribution in [-0.4, -0.2) is 19.0 Å². The van der Waals surface area contributed by atoms with Crippen molar-refractivity contribution in [3.63, 3.8) is 0 Å². The highest BCUT2D eigenvalue weighted by atomic mass is 19.1. The van der Waals surface area contributed by atoms with E-state index in [1.165, 1.54) is 31.4 Å². The quantitative estimate of drug-likeness (QED) is 0.692. The van der Waals surface area contributed by atoms with Crippen LogP contribution in [0.2, 0.25) is 0 Å². The summed E-state index contributed by atoms with van der Waals surface area (Å²) >= 11 is 0. The number of hydrogen-bond acceptors (Lipinski definition) is 3. The molecular formula is C18H16FNO3. The highest BCUT2D eigenvalue weighted by molar-refractivity contribution is 6.04. The van der Waals surface area contributed by atoms with E-state index in [-0.39, 0.29) is 11.7 Å². The zero-order chi connectivity index (χ0) is 16.8. The van der Waals surface area contributed by atoms with Crippen molar-refractivity contribution in [2.45, 2.75) is 6.92 Å². The smallest absolute Gasteiger partial charge is 0.337 e. The minimum Gasteiger partial charge on any atom is -0.465 e. The molecule has 4 nitrogen and oxygen atoms in total. The largest absolute Gasteiger partial charge is 0.465 e. The molecule has 0 saturated carbocycles. The SMILES string of the molecule is COC(=O)c1cccc(NC(=O)/C=C(/C)c2ccc(F)cc2)c1. The van der Waals surface area contributed by atoms with E-state index >= 15 is 0 Å². The molecule has 0 aliphatic carbocycles. The number of methoxy groups -OCH3 is 1. The van der Waals surface area contributed by atoms with Crippen LogP contribution in [0, 0.1) is 5.82 Å². The minimum absolute atomic E-state index is 0.328. The summed E-state index contributed by atoms with van der Waals surface area (Å²) < 4.78 is 17.5. The summed E-state index contributed by atoms with van der Waals surface area (Å²) in [5.41, 5.74) is 2.29. The van der Waals surface area contributed by atoms with Gasteiger partial charge in [-0.3, -0.25) is 4.79 Å². The van der Waals surface area contributed by atoms with Crippen molar-refractivity contribution >= 4 is 23.1 Å². The lowest BCUT2D eigenvalue weighted by Gasteiger charge is -2.06. The van der Waals surface area contributed by atoms with Gasteiger partial charge in [-0.1, -0.05) is 18.2 Å². The number of hydrogen-bond donors (Lipinski definition) is 1. The van der Waals surface area contributed by atoms with Crippen molar-refractivity contribution in [1.29, 1.82) is 0 Å². The molecule has 2 rings (SSSR count). The maximum Gasteiger partial charge on any atom is 0.337 e. The molecule has 23 heavy (non-hydrogen) atoms. The second kappa shape index (κ2) is 7.35. The summed E-state index contributed by atoms with van der Waals surface area (Å²) in [4.78, 5) is 23.5. The molecule has 0 atom stereocenters. The van der Waals surface area contributed by atoms with Gasteiger partial charge in [-0.25, -0.2) is 9.18 Å². The molecule has 2 aromatic rings. The Morgan fingerprint density at radius 2 is 1.78 bits per heavy atom. The Balaban J connectivity index is 2.11. The third-order valence-electron chi connectivity index (χ3n) is 3.20. The van der Waals surface area contributed by atoms with E-state index in [1.54, 1.807) is 37.3 Å². The number of anilines is 1. The Kier molecular flexibility index (Phi) is 5.25. The number of amides is 1. The molecule has 1 N–H and O–H groups in total. The van der Waals surface area contributed by atoms with Crippen molar-refractivity contribution in [2.75, 3.05) is 12.4 Å². The first-order valence-corrected chi connectivity index (χ1v) is 6.93. The summed E-state index contributed by atoms with van der Waals surface area (Å²) in [7, 11) is 1.29. The monoisotopic (exact) mass is 313 g/mol. The average molecular weight is 313 g/mol. The maximum atomic E-state index is 12.9. The highest BCUT2D eigenvalue weighted by Crippen LogP contribution is 2.15. The van der Waals surface area contributed by atoms with E-state index in [9.17, 15) is 14.0 Å². The molecule has 0 fully saturated rings. The van der Waals surface area contributed by atoms with Gasteiger partial charge < -0.3 is 10.1 Å². The molecule has 2 aromatic carbocycles. The Hall–Kier alpha value is -2.95. The molecule has 0 bridgehead atoms. The van der Waals surface area contributed by atoms with Gasteiger partial charge in [0, 0.05) is 11.8 Å². The van der Waals surface area contributed by atoms with Crippen LogP contribution in [0.3, 0.4) is 0 Å². The highest BCUT2D eigenvalue weighted by Gasteiger charge is 2.07. The van der Waals surface area contributed by atoms with Crippen LogP contribution >= 0.6 is 0 Å². The fourth-order valence-electron chi connectivity index (χ4n) is 2.01. The molecule has 1 amide bonds. The molecule has 0 spiro atoms. The number of carbonyl (C=O) groups excluding carboxylic acids is 2. The number of ether oxygens (including phenoxy) is 1. The molecule has 118 valence electrons. The lowest BCUT2D eigenvalue weighted by molar-refractivity contribution is -0.111. The van der Waals surface area contributed by atoms with Crippen molar-refractivity contribution < 1.29 is 18.7 Å². The average Bonchev–Trinajstić information content (AvgIpc) is 2.54. The van der Waals surface area contributed by atoms with E-state index in [4.69, 9.17) is 0 Å². The van der Waals surface area contributed by atoms with Gasteiger partial charge in [0.05, 0.1) is 12.7 Å². The maximum absolute atomic E-state index is 12.9. The third-order valence-corrected chi connectivity index (χ3v) is 3.20. The Morgan fingerprint density at radius 1 is 1.09 bits per heavy atom. The predicted molar refractivity (Wildman–Crippen MR) is 86.5 cm³/mol. The van der Waals surface area contributed by atoms with Gasteiger partial charge >= 0.3 is 5.97 Å². The number of rotatable bonds is 4. The van der Waals surface area contributed by atoms with Gasteiger partial charge in [-0.05, 0) is 48.4 Å². The minimum atomic E-state index is -0.473. The Labute approximate surface area is 133 Å². The van der Waals surface area contributed by atoms with Crippen LogP contribution in [-0.2, 0) is 9.53 Å². The first-order chi connectivity index (χ1) is 11.0. The van der Waals surface area contributed by atoms with Gasteiger partial charge in [0.25, 0.3) is 0 Å². The van der Waals surface area contributed by atoms with Gasteiger partial charge in [0.2, 0.25) is 5.91 Å². The number of carbonyl (C=O) groups is 2. The second-order valence-corrected chi connectivity index (χ2v) is 4.90. The molecule has 0 radical (unpaired) electrons. The summed E-state index contributed by atoms with van der Waals surface area (Å²) in [5, 5.41) is 2.68. The number of allylic oxidation sites excluding steroid dienone is 1. The van der Waals surface area contributed by atoms with Crippen LogP contribution in [0.1, 0.15) is 22.8 Å². The summed E-state index contributed by atoms with van der Waals surface area (Å²) in [5.74, 6) is -1.14. The summed E-state index contributed by atoms with van der Waals surface area (Å²) in [6, 6.07) is 12.3. The number of nitrogens with one attached hydrogen (secondary N) is 1. The van der Waals surface area contributed by atoms with Gasteiger partial charge in [0.15, 0.2) is 0 Å². The van der Waals surface area contributed by atoms with Gasteiger partial charge in [0.1, 0.15) is 5.82 Å². The molecule has 0 aliphatic heterocycles. The first-order valence-electron chi connectivity index (χ1n) is 6.93. The van der Waals surface area contributed by atoms with E-state index in [1.807, 2.05) is 0 Å². The standard InChI is InChI=1S/C18H16FNO3/c1-12(13-6-8-15(19)9-7-13)10-17(21)20-16-5-3-4-14(11-16)18(22)23-2/h3-11H,1-2H3,(H,20,21)/b12-10-. The predicted octanol–water partition coefficient (Wildman–Crippen LogP) is 3.65. The molecule has 5 heteroatoms. The normalized spacial score (nSPS) is 11.0. The van der Waals surface area contributed by atoms with Crippen LogP contribution in [0.25, 0.3) is 5.57 Å². The lowest BCUT2D eigenvalue weighted by Crippen LogP contribution is -2.10. The molecular weight excluding hydrogens is 297 g/mol. The number of esters is 1. The molecule has 0 aromatic heterocycles. The van der Waals surface area contributed by atoms with Crippen molar-refractivity contribution in [2.24, 2.45) is 0 Å². The van der Waals surface area contributed by atoms with Crippen LogP contribution < -0.4 is 5.32 Å². The lowest BCUT2D eigenvalue weighted by atomic mass is 10.1. The van der Waals surface area contributed by atoms with E-state index < -0.39 is 5.97 Å². The molecule has 0 unspecified atom stereocenters. The van der Waals surface area contributed by atoms with Crippen LogP contribution in [0.5, 0.6) is 0 Å². The van der Waals surface area contributed by atoms with Gasteiger partial charge in [-0.15, -0.1) is 0 Å². The van der Waals surface area contributed by atoms with Crippen molar-refractivity contribution in [3.05, 3.63) is 71.6 Å². The third kappa shape index (κ3) is 4.51. The zero-order valence-corrected chi connectivity index (χ0v) is 12.8. The fraction of sp³-hybridized carbons (Fsp3) is 0.111. The van der Waals surface area contributed by atoms with E-state index in [0.29, 0.717) is 16.8 Å². The summed E-state index contributed by atoms with van der Waals surface area (Å²) in [6.07, 6.45) is 1.41. The topological polar surface area (TPSA) is 55.4 Å². The van der Waals surface area contributed by atoms with Crippen LogP contribution in [0.4, 0.5) is 10.1 Å². The molecule has 0 saturated heterocycles. The van der Waals surface area contributed by atoms with E-state index in [0.717, 1.165) is 5.56 Å². The fourth-order valence-corrected chi connectivity index (χ4v) is 2.01. The van der Waals surface area contributed by atoms with E-state index in [2.05, 4.69) is 10.1 Å². The van der Waals surface area contributed by atoms with Crippen molar-refractivity contribution in [1.82, 2.24) is 0 Å². The second-order valence-electron chi connectivity index (χ2n) is 4.90. The Morgan fingerprint density at radius 3 is 2.43 bits per heavy atom. The molecule has 0 heterocycles. The van der Waals surface area contributed by atoms with Crippen molar-refractivity contribution in [3.8, 4) is 0 Å². The number of benzene rings is 2. The summed E-state index contributed by atoms with van der Waals surface area (Å²) in [6.45, 7) is 1.76. The van der Waals surface area contributed by atoms with Crippen LogP contribution in [0.15, 0.2) is 54.6 Å². The number of halogens is 1.